The Balaban J connectivity index is 2.03. The van der Waals surface area contributed by atoms with Gasteiger partial charge in [-0.25, -0.2) is 0 Å². The fourth-order valence-corrected chi connectivity index (χ4v) is 2.45. The molecule has 1 unspecified atom stereocenters. The van der Waals surface area contributed by atoms with Crippen molar-refractivity contribution < 1.29 is 0 Å². The van der Waals surface area contributed by atoms with Gasteiger partial charge in [-0.1, -0.05) is 36.8 Å². The van der Waals surface area contributed by atoms with Crippen LogP contribution in [0.25, 0.3) is 0 Å². The van der Waals surface area contributed by atoms with Crippen molar-refractivity contribution in [2.24, 2.45) is 0 Å². The first-order valence-corrected chi connectivity index (χ1v) is 7.21. The van der Waals surface area contributed by atoms with Crippen LogP contribution >= 0.6 is 0 Å². The molecule has 1 aromatic rings. The maximum atomic E-state index is 3.68. The number of benzene rings is 1. The van der Waals surface area contributed by atoms with Gasteiger partial charge in [-0.15, -0.1) is 0 Å². The Morgan fingerprint density at radius 2 is 2.17 bits per heavy atom. The van der Waals surface area contributed by atoms with E-state index >= 15 is 0 Å². The molecule has 0 aromatic heterocycles. The van der Waals surface area contributed by atoms with E-state index in [9.17, 15) is 0 Å². The Labute approximate surface area is 111 Å². The van der Waals surface area contributed by atoms with Gasteiger partial charge >= 0.3 is 0 Å². The van der Waals surface area contributed by atoms with Gasteiger partial charge in [0.05, 0.1) is 0 Å². The summed E-state index contributed by atoms with van der Waals surface area (Å²) in [7, 11) is 2.26. The summed E-state index contributed by atoms with van der Waals surface area (Å²) in [5.74, 6) is 0. The normalized spacial score (nSPS) is 17.1. The van der Waals surface area contributed by atoms with Crippen LogP contribution < -0.4 is 5.32 Å². The highest BCUT2D eigenvalue weighted by atomic mass is 15.2. The summed E-state index contributed by atoms with van der Waals surface area (Å²) in [6.45, 7) is 6.61. The number of aryl methyl sites for hydroxylation is 1. The highest BCUT2D eigenvalue weighted by Gasteiger charge is 2.27. The fraction of sp³-hybridized carbons (Fsp3) is 0.625. The number of likely N-dealkylation sites (N-methyl/N-ethyl adjacent to an activating group) is 1. The molecule has 18 heavy (non-hydrogen) atoms. The van der Waals surface area contributed by atoms with Gasteiger partial charge in [-0.3, -0.25) is 0 Å². The van der Waals surface area contributed by atoms with E-state index in [-0.39, 0.29) is 0 Å². The number of hydrogen-bond donors (Lipinski definition) is 1. The largest absolute Gasteiger partial charge is 0.309 e. The summed E-state index contributed by atoms with van der Waals surface area (Å²) < 4.78 is 0. The van der Waals surface area contributed by atoms with Crippen LogP contribution in [0.15, 0.2) is 24.3 Å². The average molecular weight is 246 g/mol. The Bertz CT molecular complexity index is 371. The number of nitrogens with zero attached hydrogens (tertiary/aromatic N) is 1. The maximum Gasteiger partial charge on any atom is 0.0449 e. The standard InChI is InChI=1S/C16H26N2/c1-4-10-17-16(12-18(3)15-8-9-15)14-7-5-6-13(2)11-14/h5-7,11,15-17H,4,8-10,12H2,1-3H3. The van der Waals surface area contributed by atoms with Crippen LogP contribution in [0.4, 0.5) is 0 Å². The molecule has 0 heterocycles. The minimum Gasteiger partial charge on any atom is -0.309 e. The zero-order valence-electron chi connectivity index (χ0n) is 11.9. The van der Waals surface area contributed by atoms with Crippen molar-refractivity contribution in [2.45, 2.75) is 45.2 Å². The summed E-state index contributed by atoms with van der Waals surface area (Å²) in [5, 5.41) is 3.68. The number of rotatable bonds is 7. The molecule has 0 saturated heterocycles. The van der Waals surface area contributed by atoms with E-state index in [4.69, 9.17) is 0 Å². The van der Waals surface area contributed by atoms with Gasteiger partial charge in [-0.05, 0) is 45.3 Å². The minimum atomic E-state index is 0.468. The topological polar surface area (TPSA) is 15.3 Å². The first-order chi connectivity index (χ1) is 8.70. The zero-order valence-corrected chi connectivity index (χ0v) is 11.9. The van der Waals surface area contributed by atoms with Gasteiger partial charge in [0.1, 0.15) is 0 Å². The number of hydrogen-bond acceptors (Lipinski definition) is 2. The predicted molar refractivity (Wildman–Crippen MR) is 77.9 cm³/mol. The van der Waals surface area contributed by atoms with Crippen LogP contribution in [0, 0.1) is 6.92 Å². The van der Waals surface area contributed by atoms with Crippen LogP contribution in [-0.2, 0) is 0 Å². The lowest BCUT2D eigenvalue weighted by molar-refractivity contribution is 0.281. The van der Waals surface area contributed by atoms with Gasteiger partial charge < -0.3 is 10.2 Å². The van der Waals surface area contributed by atoms with Crippen LogP contribution in [0.2, 0.25) is 0 Å². The van der Waals surface area contributed by atoms with Crippen molar-refractivity contribution in [1.29, 1.82) is 0 Å². The Morgan fingerprint density at radius 1 is 1.39 bits per heavy atom. The summed E-state index contributed by atoms with van der Waals surface area (Å²) in [6.07, 6.45) is 3.95. The van der Waals surface area contributed by atoms with Gasteiger partial charge in [-0.2, -0.15) is 0 Å². The summed E-state index contributed by atoms with van der Waals surface area (Å²) in [4.78, 5) is 2.51. The molecule has 0 spiro atoms. The van der Waals surface area contributed by atoms with E-state index < -0.39 is 0 Å². The molecule has 1 atom stereocenters. The molecule has 0 bridgehead atoms. The quantitative estimate of drug-likeness (QED) is 0.795. The van der Waals surface area contributed by atoms with Crippen molar-refractivity contribution >= 4 is 0 Å². The van der Waals surface area contributed by atoms with Crippen LogP contribution in [0.1, 0.15) is 43.4 Å². The maximum absolute atomic E-state index is 3.68. The van der Waals surface area contributed by atoms with E-state index in [1.165, 1.54) is 30.4 Å². The van der Waals surface area contributed by atoms with Crippen LogP contribution in [0.5, 0.6) is 0 Å². The van der Waals surface area contributed by atoms with Crippen molar-refractivity contribution in [3.63, 3.8) is 0 Å². The molecular weight excluding hydrogens is 220 g/mol. The second-order valence-electron chi connectivity index (χ2n) is 5.59. The third-order valence-electron chi connectivity index (χ3n) is 3.73. The lowest BCUT2D eigenvalue weighted by Crippen LogP contribution is -2.34. The summed E-state index contributed by atoms with van der Waals surface area (Å²) >= 11 is 0. The van der Waals surface area contributed by atoms with Crippen molar-refractivity contribution in [3.8, 4) is 0 Å². The van der Waals surface area contributed by atoms with Crippen molar-refractivity contribution in [1.82, 2.24) is 10.2 Å². The monoisotopic (exact) mass is 246 g/mol. The summed E-state index contributed by atoms with van der Waals surface area (Å²) in [5.41, 5.74) is 2.78. The number of nitrogens with one attached hydrogen (secondary N) is 1. The molecule has 0 radical (unpaired) electrons. The van der Waals surface area contributed by atoms with E-state index in [1.807, 2.05) is 0 Å². The Kier molecular flexibility index (Phi) is 4.79. The van der Waals surface area contributed by atoms with Gasteiger partial charge in [0.15, 0.2) is 0 Å². The fourth-order valence-electron chi connectivity index (χ4n) is 2.45. The molecule has 1 aliphatic carbocycles. The molecule has 2 heteroatoms. The van der Waals surface area contributed by atoms with E-state index in [0.717, 1.165) is 19.1 Å². The van der Waals surface area contributed by atoms with Gasteiger partial charge in [0, 0.05) is 18.6 Å². The molecule has 100 valence electrons. The molecule has 1 aromatic carbocycles. The molecule has 1 aliphatic rings. The second kappa shape index (κ2) is 6.35. The Morgan fingerprint density at radius 3 is 2.78 bits per heavy atom. The highest BCUT2D eigenvalue weighted by molar-refractivity contribution is 5.25. The van der Waals surface area contributed by atoms with E-state index in [1.54, 1.807) is 0 Å². The Hall–Kier alpha value is -0.860. The summed E-state index contributed by atoms with van der Waals surface area (Å²) in [6, 6.07) is 10.2. The van der Waals surface area contributed by atoms with Gasteiger partial charge in [0.2, 0.25) is 0 Å². The minimum absolute atomic E-state index is 0.468. The molecule has 2 rings (SSSR count). The molecule has 2 nitrogen and oxygen atoms in total. The van der Waals surface area contributed by atoms with E-state index in [0.29, 0.717) is 6.04 Å². The molecule has 1 saturated carbocycles. The highest BCUT2D eigenvalue weighted by Crippen LogP contribution is 2.27. The third kappa shape index (κ3) is 3.82. The first-order valence-electron chi connectivity index (χ1n) is 7.21. The lowest BCUT2D eigenvalue weighted by Gasteiger charge is -2.25. The molecule has 0 aliphatic heterocycles. The molecule has 1 fully saturated rings. The van der Waals surface area contributed by atoms with Crippen molar-refractivity contribution in [2.75, 3.05) is 20.1 Å². The molecular formula is C16H26N2. The van der Waals surface area contributed by atoms with Crippen LogP contribution in [0.3, 0.4) is 0 Å². The third-order valence-corrected chi connectivity index (χ3v) is 3.73. The molecule has 1 N–H and O–H groups in total. The predicted octanol–water partition coefficient (Wildman–Crippen LogP) is 3.13. The zero-order chi connectivity index (χ0) is 13.0. The van der Waals surface area contributed by atoms with E-state index in [2.05, 4.69) is 55.4 Å². The lowest BCUT2D eigenvalue weighted by atomic mass is 10.0. The average Bonchev–Trinajstić information content (AvgIpc) is 3.18. The first kappa shape index (κ1) is 13.6. The SMILES string of the molecule is CCCNC(CN(C)C1CC1)c1cccc(C)c1. The second-order valence-corrected chi connectivity index (χ2v) is 5.59. The molecule has 0 amide bonds. The van der Waals surface area contributed by atoms with Crippen LogP contribution in [-0.4, -0.2) is 31.1 Å². The van der Waals surface area contributed by atoms with Crippen molar-refractivity contribution in [3.05, 3.63) is 35.4 Å². The smallest absolute Gasteiger partial charge is 0.0449 e. The van der Waals surface area contributed by atoms with Gasteiger partial charge in [0.25, 0.3) is 0 Å².